The molecule has 2 aromatic carbocycles. The average Bonchev–Trinajstić information content (AvgIpc) is 3.59. The molecule has 4 heterocycles. The summed E-state index contributed by atoms with van der Waals surface area (Å²) in [6.07, 6.45) is 10.4. The van der Waals surface area contributed by atoms with Crippen LogP contribution in [0, 0.1) is 5.92 Å². The Bertz CT molecular complexity index is 1690. The van der Waals surface area contributed by atoms with Crippen LogP contribution in [0.3, 0.4) is 0 Å². The molecular formula is C33H31N3O3. The molecule has 4 aromatic rings. The van der Waals surface area contributed by atoms with E-state index in [-0.39, 0.29) is 17.9 Å². The minimum absolute atomic E-state index is 0.0336. The largest absolute Gasteiger partial charge is 0.504 e. The number of benzene rings is 2. The quantitative estimate of drug-likeness (QED) is 0.349. The number of aromatic hydroxyl groups is 1. The molecule has 3 N–H and O–H groups in total. The number of phenolic OH excluding ortho intramolecular Hbond substituents is 1. The molecule has 0 unspecified atom stereocenters. The number of phenols is 1. The highest BCUT2D eigenvalue weighted by Crippen LogP contribution is 2.69. The van der Waals surface area contributed by atoms with Gasteiger partial charge in [-0.25, -0.2) is 0 Å². The predicted molar refractivity (Wildman–Crippen MR) is 150 cm³/mol. The lowest BCUT2D eigenvalue weighted by Crippen LogP contribution is -2.74. The molecular weight excluding hydrogens is 486 g/mol. The topological polar surface area (TPSA) is 81.6 Å². The van der Waals surface area contributed by atoms with Gasteiger partial charge in [-0.2, -0.15) is 0 Å². The first kappa shape index (κ1) is 22.2. The zero-order valence-electron chi connectivity index (χ0n) is 21.7. The van der Waals surface area contributed by atoms with Gasteiger partial charge in [0.05, 0.1) is 22.4 Å². The maximum atomic E-state index is 13.0. The zero-order valence-corrected chi connectivity index (χ0v) is 21.7. The van der Waals surface area contributed by atoms with Gasteiger partial charge in [0.15, 0.2) is 17.6 Å². The molecule has 2 aromatic heterocycles. The maximum Gasteiger partial charge on any atom is 0.166 e. The second-order valence-electron chi connectivity index (χ2n) is 12.3. The molecule has 6 heteroatoms. The van der Waals surface area contributed by atoms with E-state index < -0.39 is 11.0 Å². The predicted octanol–water partition coefficient (Wildman–Crippen LogP) is 5.14. The van der Waals surface area contributed by atoms with Crippen molar-refractivity contribution < 1.29 is 14.9 Å². The lowest BCUT2D eigenvalue weighted by molar-refractivity contribution is -0.173. The number of piperidine rings is 1. The Labute approximate surface area is 227 Å². The van der Waals surface area contributed by atoms with Crippen molar-refractivity contribution >= 4 is 23.1 Å². The summed E-state index contributed by atoms with van der Waals surface area (Å²) in [5.41, 5.74) is 6.02. The van der Waals surface area contributed by atoms with Crippen LogP contribution in [0.2, 0.25) is 0 Å². The number of pyridine rings is 1. The summed E-state index contributed by atoms with van der Waals surface area (Å²) < 4.78 is 6.71. The van der Waals surface area contributed by atoms with Gasteiger partial charge in [-0.3, -0.25) is 9.88 Å². The first-order valence-electron chi connectivity index (χ1n) is 14.3. The fourth-order valence-electron chi connectivity index (χ4n) is 8.40. The van der Waals surface area contributed by atoms with Gasteiger partial charge in [-0.1, -0.05) is 24.3 Å². The molecule has 4 atom stereocenters. The molecule has 1 spiro atoms. The Kier molecular flexibility index (Phi) is 4.29. The number of rotatable bonds is 4. The van der Waals surface area contributed by atoms with E-state index in [1.54, 1.807) is 12.3 Å². The summed E-state index contributed by atoms with van der Waals surface area (Å²) in [6.45, 7) is 2.02. The Morgan fingerprint density at radius 3 is 2.90 bits per heavy atom. The summed E-state index contributed by atoms with van der Waals surface area (Å²) in [7, 11) is 0. The Balaban J connectivity index is 1.22. The van der Waals surface area contributed by atoms with Crippen molar-refractivity contribution in [1.82, 2.24) is 14.9 Å². The lowest BCUT2D eigenvalue weighted by Gasteiger charge is -2.62. The number of fused-ring (bicyclic) bond motifs is 4. The molecule has 9 rings (SSSR count). The first-order chi connectivity index (χ1) is 19.0. The van der Waals surface area contributed by atoms with Gasteiger partial charge in [0.25, 0.3) is 0 Å². The molecule has 6 nitrogen and oxygen atoms in total. The number of likely N-dealkylation sites (tertiary alicyclic amines) is 1. The molecule has 39 heavy (non-hydrogen) atoms. The second-order valence-corrected chi connectivity index (χ2v) is 12.3. The highest BCUT2D eigenvalue weighted by molar-refractivity contribution is 5.89. The van der Waals surface area contributed by atoms with Crippen LogP contribution >= 0.6 is 0 Å². The third-order valence-electron chi connectivity index (χ3n) is 10.3. The number of nitrogens with zero attached hydrogens (tertiary/aromatic N) is 2. The van der Waals surface area contributed by atoms with Crippen molar-refractivity contribution in [3.63, 3.8) is 0 Å². The van der Waals surface area contributed by atoms with E-state index in [1.807, 2.05) is 24.3 Å². The minimum Gasteiger partial charge on any atom is -0.504 e. The van der Waals surface area contributed by atoms with Gasteiger partial charge in [-0.15, -0.1) is 0 Å². The summed E-state index contributed by atoms with van der Waals surface area (Å²) in [6, 6.07) is 16.3. The van der Waals surface area contributed by atoms with Gasteiger partial charge in [-0.05, 0) is 91.2 Å². The zero-order chi connectivity index (χ0) is 25.9. The highest BCUT2D eigenvalue weighted by Gasteiger charge is 2.72. The number of aliphatic hydroxyl groups is 1. The van der Waals surface area contributed by atoms with E-state index in [1.165, 1.54) is 18.4 Å². The number of nitrogens with one attached hydrogen (secondary N) is 1. The number of H-pyrrole nitrogens is 1. The van der Waals surface area contributed by atoms with Crippen molar-refractivity contribution in [2.45, 2.75) is 55.3 Å². The number of hydrogen-bond acceptors (Lipinski definition) is 5. The van der Waals surface area contributed by atoms with Crippen LogP contribution in [-0.2, 0) is 18.3 Å². The van der Waals surface area contributed by atoms with Crippen LogP contribution in [0.5, 0.6) is 11.5 Å². The number of ether oxygens (including phenoxy) is 1. The van der Waals surface area contributed by atoms with Crippen LogP contribution in [0.4, 0.5) is 0 Å². The summed E-state index contributed by atoms with van der Waals surface area (Å²) in [5, 5.41) is 25.1. The SMILES string of the molecule is Oc1ccc2c3c1O[C@H]1c4[nH]c5ccc(/C=C/c6ccccn6)cc5c4C[C@@]4(O)[C@@H](C2)N(CC2CC2)CC[C@]314. The fourth-order valence-corrected chi connectivity index (χ4v) is 8.40. The van der Waals surface area contributed by atoms with Gasteiger partial charge >= 0.3 is 0 Å². The third kappa shape index (κ3) is 2.86. The van der Waals surface area contributed by atoms with E-state index in [2.05, 4.69) is 45.2 Å². The fraction of sp³-hybridized carbons (Fsp3) is 0.364. The molecule has 196 valence electrons. The molecule has 3 aliphatic carbocycles. The van der Waals surface area contributed by atoms with Crippen LogP contribution in [0.15, 0.2) is 54.7 Å². The van der Waals surface area contributed by atoms with Gasteiger partial charge in [0.1, 0.15) is 0 Å². The van der Waals surface area contributed by atoms with E-state index in [0.717, 1.165) is 70.8 Å². The van der Waals surface area contributed by atoms with E-state index in [0.29, 0.717) is 12.2 Å². The Morgan fingerprint density at radius 1 is 1.13 bits per heavy atom. The smallest absolute Gasteiger partial charge is 0.166 e. The van der Waals surface area contributed by atoms with Crippen LogP contribution < -0.4 is 4.74 Å². The Hall–Kier alpha value is -3.61. The number of aromatic nitrogens is 2. The molecule has 2 fully saturated rings. The number of aromatic amines is 1. The summed E-state index contributed by atoms with van der Waals surface area (Å²) in [4.78, 5) is 10.7. The summed E-state index contributed by atoms with van der Waals surface area (Å²) in [5.74, 6) is 1.52. The van der Waals surface area contributed by atoms with Crippen molar-refractivity contribution in [2.24, 2.45) is 5.92 Å². The maximum absolute atomic E-state index is 13.0. The van der Waals surface area contributed by atoms with Crippen molar-refractivity contribution in [1.29, 1.82) is 0 Å². The average molecular weight is 518 g/mol. The van der Waals surface area contributed by atoms with Gasteiger partial charge in [0, 0.05) is 41.7 Å². The van der Waals surface area contributed by atoms with Crippen LogP contribution in [0.25, 0.3) is 23.1 Å². The second kappa shape index (κ2) is 7.52. The lowest BCUT2D eigenvalue weighted by atomic mass is 9.49. The van der Waals surface area contributed by atoms with Crippen LogP contribution in [-0.4, -0.2) is 49.8 Å². The molecule has 2 bridgehead atoms. The molecule has 5 aliphatic rings. The third-order valence-corrected chi connectivity index (χ3v) is 10.3. The van der Waals surface area contributed by atoms with E-state index in [9.17, 15) is 10.2 Å². The van der Waals surface area contributed by atoms with Crippen molar-refractivity contribution in [2.75, 3.05) is 13.1 Å². The molecule has 1 saturated carbocycles. The van der Waals surface area contributed by atoms with E-state index in [4.69, 9.17) is 4.74 Å². The molecule has 0 amide bonds. The molecule has 1 saturated heterocycles. The molecule has 2 aliphatic heterocycles. The first-order valence-corrected chi connectivity index (χ1v) is 14.3. The molecule has 0 radical (unpaired) electrons. The van der Waals surface area contributed by atoms with Gasteiger partial charge < -0.3 is 19.9 Å². The van der Waals surface area contributed by atoms with Crippen molar-refractivity contribution in [3.05, 3.63) is 88.4 Å². The minimum atomic E-state index is -0.973. The number of hydrogen-bond donors (Lipinski definition) is 3. The van der Waals surface area contributed by atoms with E-state index >= 15 is 0 Å². The van der Waals surface area contributed by atoms with Crippen molar-refractivity contribution in [3.8, 4) is 11.5 Å². The normalized spacial score (nSPS) is 30.4. The standard InChI is InChI=1S/C33H31N3O3/c37-26-11-8-21-16-27-33(38)17-24-23-15-19(6-9-22-3-1-2-13-34-22)7-10-25(23)35-29(24)31-32(33,28(21)30(26)39-31)12-14-36(27)18-20-4-5-20/h1-3,6-11,13,15,20,27,31,35,37-38H,4-5,12,14,16-18H2/b9-6+/t27-,31+,32+,33-/m1/s1. The highest BCUT2D eigenvalue weighted by atomic mass is 16.5. The summed E-state index contributed by atoms with van der Waals surface area (Å²) >= 11 is 0. The van der Waals surface area contributed by atoms with Gasteiger partial charge in [0.2, 0.25) is 0 Å². The monoisotopic (exact) mass is 517 g/mol. The Morgan fingerprint density at radius 2 is 2.05 bits per heavy atom. The van der Waals surface area contributed by atoms with Crippen LogP contribution in [0.1, 0.15) is 59.0 Å².